The Bertz CT molecular complexity index is 1640. The van der Waals surface area contributed by atoms with Gasteiger partial charge in [-0.1, -0.05) is 18.6 Å². The normalized spacial score (nSPS) is 24.8. The van der Waals surface area contributed by atoms with Crippen molar-refractivity contribution in [1.82, 2.24) is 14.6 Å². The molecule has 12 nitrogen and oxygen atoms in total. The van der Waals surface area contributed by atoms with E-state index in [1.165, 1.54) is 4.90 Å². The van der Waals surface area contributed by atoms with Crippen molar-refractivity contribution in [3.63, 3.8) is 0 Å². The van der Waals surface area contributed by atoms with Crippen LogP contribution >= 0.6 is 0 Å². The number of sulfonamides is 1. The molecule has 3 aliphatic rings. The first kappa shape index (κ1) is 35.6. The Kier molecular flexibility index (Phi) is 11.0. The average molecular weight is 685 g/mol. The van der Waals surface area contributed by atoms with Gasteiger partial charge in [0.05, 0.1) is 37.0 Å². The lowest BCUT2D eigenvalue weighted by Crippen LogP contribution is -2.44. The van der Waals surface area contributed by atoms with E-state index in [0.717, 1.165) is 23.6 Å². The molecule has 3 fully saturated rings. The van der Waals surface area contributed by atoms with E-state index in [4.69, 9.17) is 19.9 Å². The molecule has 2 unspecified atom stereocenters. The minimum Gasteiger partial charge on any atom is -0.497 e. The Hall–Kier alpha value is -3.71. The molecule has 1 aromatic carbocycles. The van der Waals surface area contributed by atoms with Crippen molar-refractivity contribution in [2.75, 3.05) is 13.7 Å². The second kappa shape index (κ2) is 14.8. The standard InChI is InChI=1S/C35H48N4O8S/c1-22(8-5-6-9-24-10-7-11-28(24)33(42)38-48(43,44)35(3)15-16-35)46-23(2)18-31(40)39-21-27(20-30(39)32(36)41)47-34-29-13-12-26(45-4)19-25(29)14-17-37-34/h6,9,12-14,17,19,22-24,27-28,30H,5,7-8,10-11,15-16,18,20-21H2,1-4H3,(H2,36,41)(H,38,42)/b9-6-/t22-,23+,24-,27?,28?,30+/m1/s1. The number of ether oxygens (including phenoxy) is 3. The van der Waals surface area contributed by atoms with Crippen molar-refractivity contribution >= 4 is 38.5 Å². The van der Waals surface area contributed by atoms with E-state index >= 15 is 0 Å². The summed E-state index contributed by atoms with van der Waals surface area (Å²) >= 11 is 0. The Morgan fingerprint density at radius 3 is 2.65 bits per heavy atom. The lowest BCUT2D eigenvalue weighted by molar-refractivity contribution is -0.140. The maximum Gasteiger partial charge on any atom is 0.240 e. The van der Waals surface area contributed by atoms with Crippen LogP contribution in [0.5, 0.6) is 11.6 Å². The third-order valence-electron chi connectivity index (χ3n) is 9.92. The van der Waals surface area contributed by atoms with Crippen molar-refractivity contribution in [2.45, 2.75) is 108 Å². The fraction of sp³-hybridized carbons (Fsp3) is 0.600. The van der Waals surface area contributed by atoms with E-state index in [1.807, 2.05) is 50.3 Å². The molecule has 6 atom stereocenters. The fourth-order valence-electron chi connectivity index (χ4n) is 6.73. The van der Waals surface area contributed by atoms with Crippen LogP contribution in [0.1, 0.15) is 78.6 Å². The van der Waals surface area contributed by atoms with Crippen LogP contribution in [0.15, 0.2) is 42.6 Å². The monoisotopic (exact) mass is 684 g/mol. The van der Waals surface area contributed by atoms with Gasteiger partial charge in [0.15, 0.2) is 0 Å². The topological polar surface area (TPSA) is 167 Å². The summed E-state index contributed by atoms with van der Waals surface area (Å²) in [5, 5.41) is 1.70. The number of nitrogens with zero attached hydrogens (tertiary/aromatic N) is 2. The summed E-state index contributed by atoms with van der Waals surface area (Å²) in [6.07, 6.45) is 10.1. The van der Waals surface area contributed by atoms with E-state index in [9.17, 15) is 22.8 Å². The molecule has 0 radical (unpaired) electrons. The number of methoxy groups -OCH3 is 1. The number of rotatable bonds is 15. The number of hydrogen-bond acceptors (Lipinski definition) is 9. The predicted molar refractivity (Wildman–Crippen MR) is 181 cm³/mol. The first-order valence-corrected chi connectivity index (χ1v) is 18.3. The Balaban J connectivity index is 1.08. The number of aromatic nitrogens is 1. The molecule has 1 aliphatic heterocycles. The van der Waals surface area contributed by atoms with Gasteiger partial charge in [-0.2, -0.15) is 0 Å². The van der Waals surface area contributed by atoms with Gasteiger partial charge in [-0.05, 0) is 94.9 Å². The van der Waals surface area contributed by atoms with Crippen molar-refractivity contribution in [1.29, 1.82) is 0 Å². The maximum atomic E-state index is 13.3. The van der Waals surface area contributed by atoms with E-state index in [2.05, 4.69) is 9.71 Å². The second-order valence-corrected chi connectivity index (χ2v) is 15.9. The molecule has 3 N–H and O–H groups in total. The summed E-state index contributed by atoms with van der Waals surface area (Å²) in [6.45, 7) is 5.66. The van der Waals surface area contributed by atoms with Crippen molar-refractivity contribution in [2.24, 2.45) is 17.6 Å². The van der Waals surface area contributed by atoms with Gasteiger partial charge < -0.3 is 24.8 Å². The van der Waals surface area contributed by atoms with Gasteiger partial charge in [0, 0.05) is 23.9 Å². The van der Waals surface area contributed by atoms with Crippen molar-refractivity contribution in [3.8, 4) is 11.6 Å². The van der Waals surface area contributed by atoms with E-state index in [-0.39, 0.29) is 43.2 Å². The quantitative estimate of drug-likeness (QED) is 0.264. The van der Waals surface area contributed by atoms with Crippen LogP contribution in [-0.4, -0.2) is 78.8 Å². The minimum atomic E-state index is -3.64. The molecule has 5 rings (SSSR count). The molecular weight excluding hydrogens is 636 g/mol. The Labute approximate surface area is 282 Å². The first-order chi connectivity index (χ1) is 22.8. The average Bonchev–Trinajstić information content (AvgIpc) is 3.43. The number of hydrogen-bond donors (Lipinski definition) is 2. The minimum absolute atomic E-state index is 0.00588. The zero-order valence-electron chi connectivity index (χ0n) is 28.2. The number of nitrogens with two attached hydrogens (primary N) is 1. The number of pyridine rings is 1. The molecular formula is C35H48N4O8S. The van der Waals surface area contributed by atoms with Gasteiger partial charge >= 0.3 is 0 Å². The lowest BCUT2D eigenvalue weighted by atomic mass is 9.94. The summed E-state index contributed by atoms with van der Waals surface area (Å²) < 4.78 is 44.2. The molecule has 13 heteroatoms. The molecule has 2 aromatic rings. The van der Waals surface area contributed by atoms with Gasteiger partial charge in [0.1, 0.15) is 17.9 Å². The van der Waals surface area contributed by atoms with Gasteiger partial charge in [-0.25, -0.2) is 13.4 Å². The zero-order valence-corrected chi connectivity index (χ0v) is 29.0. The summed E-state index contributed by atoms with van der Waals surface area (Å²) in [6, 6.07) is 6.65. The van der Waals surface area contributed by atoms with Crippen LogP contribution in [-0.2, 0) is 29.1 Å². The highest BCUT2D eigenvalue weighted by Gasteiger charge is 2.51. The molecule has 2 heterocycles. The van der Waals surface area contributed by atoms with E-state index in [0.29, 0.717) is 43.7 Å². The first-order valence-electron chi connectivity index (χ1n) is 16.9. The van der Waals surface area contributed by atoms with Crippen LogP contribution in [0.25, 0.3) is 10.8 Å². The van der Waals surface area contributed by atoms with Crippen LogP contribution in [0.3, 0.4) is 0 Å². The summed E-state index contributed by atoms with van der Waals surface area (Å²) in [5.74, 6) is -0.419. The van der Waals surface area contributed by atoms with Crippen molar-refractivity contribution in [3.05, 3.63) is 42.6 Å². The molecule has 1 saturated heterocycles. The third-order valence-corrected chi connectivity index (χ3v) is 12.1. The Morgan fingerprint density at radius 2 is 1.94 bits per heavy atom. The number of primary amides is 1. The number of amides is 3. The van der Waals surface area contributed by atoms with Gasteiger partial charge in [-0.3, -0.25) is 19.1 Å². The highest BCUT2D eigenvalue weighted by molar-refractivity contribution is 7.91. The summed E-state index contributed by atoms with van der Waals surface area (Å²) in [7, 11) is -2.04. The smallest absolute Gasteiger partial charge is 0.240 e. The largest absolute Gasteiger partial charge is 0.497 e. The molecule has 0 spiro atoms. The van der Waals surface area contributed by atoms with E-state index < -0.39 is 44.8 Å². The third kappa shape index (κ3) is 8.28. The van der Waals surface area contributed by atoms with Crippen LogP contribution in [0, 0.1) is 11.8 Å². The maximum absolute atomic E-state index is 13.3. The SMILES string of the molecule is COc1ccc2c(OC3C[C@@H](C(N)=O)N(C(=O)C[C@H](C)O[C@H](C)CC/C=C\[C@@H]4CCCC4C(=O)NS(=O)(=O)C4(C)CC4)C3)nccc2c1. The summed E-state index contributed by atoms with van der Waals surface area (Å²) in [5.41, 5.74) is 5.70. The molecule has 48 heavy (non-hydrogen) atoms. The second-order valence-electron chi connectivity index (χ2n) is 13.7. The van der Waals surface area contributed by atoms with Crippen LogP contribution < -0.4 is 19.9 Å². The number of carbonyl (C=O) groups is 3. The van der Waals surface area contributed by atoms with Gasteiger partial charge in [0.2, 0.25) is 33.6 Å². The molecule has 2 saturated carbocycles. The van der Waals surface area contributed by atoms with Crippen LogP contribution in [0.2, 0.25) is 0 Å². The summed E-state index contributed by atoms with van der Waals surface area (Å²) in [4.78, 5) is 44.3. The molecule has 3 amide bonds. The molecule has 0 bridgehead atoms. The number of allylic oxidation sites excluding steroid dienone is 2. The van der Waals surface area contributed by atoms with Gasteiger partial charge in [-0.15, -0.1) is 0 Å². The highest BCUT2D eigenvalue weighted by Crippen LogP contribution is 2.43. The van der Waals surface area contributed by atoms with Crippen molar-refractivity contribution < 1.29 is 37.0 Å². The molecule has 262 valence electrons. The number of fused-ring (bicyclic) bond motifs is 1. The fourth-order valence-corrected chi connectivity index (χ4v) is 8.04. The number of benzene rings is 1. The number of nitrogens with one attached hydrogen (secondary N) is 1. The lowest BCUT2D eigenvalue weighted by Gasteiger charge is -2.25. The van der Waals surface area contributed by atoms with E-state index in [1.54, 1.807) is 20.2 Å². The highest BCUT2D eigenvalue weighted by atomic mass is 32.2. The number of likely N-dealkylation sites (tertiary alicyclic amines) is 1. The molecule has 1 aromatic heterocycles. The number of carbonyl (C=O) groups excluding carboxylic acids is 3. The molecule has 2 aliphatic carbocycles. The zero-order chi connectivity index (χ0) is 34.6. The van der Waals surface area contributed by atoms with Crippen LogP contribution in [0.4, 0.5) is 0 Å². The Morgan fingerprint density at radius 1 is 1.17 bits per heavy atom. The predicted octanol–water partition coefficient (Wildman–Crippen LogP) is 4.01. The van der Waals surface area contributed by atoms with Gasteiger partial charge in [0.25, 0.3) is 0 Å².